The normalized spacial score (nSPS) is 15.3. The molecule has 0 saturated heterocycles. The first-order chi connectivity index (χ1) is 14.6. The molecule has 3 aromatic carbocycles. The number of carbonyl (C=O) groups excluding carboxylic acids is 1. The highest BCUT2D eigenvalue weighted by Crippen LogP contribution is 2.43. The van der Waals surface area contributed by atoms with Crippen molar-refractivity contribution < 1.29 is 23.4 Å². The summed E-state index contributed by atoms with van der Waals surface area (Å²) in [6, 6.07) is 16.5. The number of amides is 1. The standard InChI is InChI=1S/C23H21FN2O4/c1-28-19-13-21(30-3)20(29-2)12-17(19)22-25-18-7-5-4-6-16(18)23(27)26(22)15-10-8-14(24)9-11-15/h4-13,22,25H,1-3H3/t22-/m1/s1. The van der Waals surface area contributed by atoms with Crippen LogP contribution in [0.15, 0.2) is 60.7 Å². The van der Waals surface area contributed by atoms with Gasteiger partial charge in [-0.25, -0.2) is 4.39 Å². The largest absolute Gasteiger partial charge is 0.496 e. The van der Waals surface area contributed by atoms with E-state index in [4.69, 9.17) is 14.2 Å². The van der Waals surface area contributed by atoms with E-state index < -0.39 is 6.17 Å². The Bertz CT molecular complexity index is 1090. The number of nitrogens with zero attached hydrogens (tertiary/aromatic N) is 1. The van der Waals surface area contributed by atoms with Gasteiger partial charge in [-0.15, -0.1) is 0 Å². The zero-order chi connectivity index (χ0) is 21.3. The molecule has 0 saturated carbocycles. The summed E-state index contributed by atoms with van der Waals surface area (Å²) in [7, 11) is 4.63. The quantitative estimate of drug-likeness (QED) is 0.667. The third kappa shape index (κ3) is 3.28. The van der Waals surface area contributed by atoms with Gasteiger partial charge in [-0.2, -0.15) is 0 Å². The summed E-state index contributed by atoms with van der Waals surface area (Å²) in [4.78, 5) is 15.0. The van der Waals surface area contributed by atoms with Crippen molar-refractivity contribution in [1.82, 2.24) is 0 Å². The zero-order valence-electron chi connectivity index (χ0n) is 16.8. The van der Waals surface area contributed by atoms with Crippen molar-refractivity contribution in [1.29, 1.82) is 0 Å². The first-order valence-electron chi connectivity index (χ1n) is 9.32. The maximum absolute atomic E-state index is 13.5. The average Bonchev–Trinajstić information content (AvgIpc) is 2.79. The SMILES string of the molecule is COc1cc(OC)c([C@@H]2Nc3ccccc3C(=O)N2c2ccc(F)cc2)cc1OC. The van der Waals surface area contributed by atoms with Crippen molar-refractivity contribution in [2.75, 3.05) is 31.5 Å². The molecule has 0 radical (unpaired) electrons. The van der Waals surface area contributed by atoms with E-state index in [-0.39, 0.29) is 11.7 Å². The maximum Gasteiger partial charge on any atom is 0.262 e. The molecule has 1 N–H and O–H groups in total. The van der Waals surface area contributed by atoms with E-state index in [9.17, 15) is 9.18 Å². The van der Waals surface area contributed by atoms with E-state index >= 15 is 0 Å². The van der Waals surface area contributed by atoms with Gasteiger partial charge in [0.15, 0.2) is 11.5 Å². The van der Waals surface area contributed by atoms with Crippen LogP contribution in [-0.2, 0) is 0 Å². The number of halogens is 1. The first kappa shape index (κ1) is 19.6. The molecule has 0 aromatic heterocycles. The molecule has 7 heteroatoms. The number of fused-ring (bicyclic) bond motifs is 1. The van der Waals surface area contributed by atoms with Gasteiger partial charge in [0, 0.05) is 23.0 Å². The van der Waals surface area contributed by atoms with Gasteiger partial charge in [0.2, 0.25) is 0 Å². The van der Waals surface area contributed by atoms with E-state index in [2.05, 4.69) is 5.32 Å². The van der Waals surface area contributed by atoms with Crippen LogP contribution in [0, 0.1) is 5.82 Å². The zero-order valence-corrected chi connectivity index (χ0v) is 16.8. The lowest BCUT2D eigenvalue weighted by atomic mass is 10.0. The van der Waals surface area contributed by atoms with Crippen LogP contribution in [0.5, 0.6) is 17.2 Å². The fourth-order valence-corrected chi connectivity index (χ4v) is 3.61. The Morgan fingerprint density at radius 3 is 2.17 bits per heavy atom. The lowest BCUT2D eigenvalue weighted by Gasteiger charge is -2.38. The second kappa shape index (κ2) is 7.94. The molecule has 6 nitrogen and oxygen atoms in total. The molecule has 0 fully saturated rings. The van der Waals surface area contributed by atoms with E-state index in [1.165, 1.54) is 12.1 Å². The number of carbonyl (C=O) groups is 1. The number of nitrogens with one attached hydrogen (secondary N) is 1. The lowest BCUT2D eigenvalue weighted by molar-refractivity contribution is 0.0974. The third-order valence-corrected chi connectivity index (χ3v) is 5.06. The Balaban J connectivity index is 1.91. The average molecular weight is 408 g/mol. The molecule has 154 valence electrons. The number of hydrogen-bond donors (Lipinski definition) is 1. The maximum atomic E-state index is 13.5. The third-order valence-electron chi connectivity index (χ3n) is 5.06. The number of benzene rings is 3. The smallest absolute Gasteiger partial charge is 0.262 e. The molecule has 30 heavy (non-hydrogen) atoms. The Labute approximate surface area is 173 Å². The molecule has 1 aliphatic rings. The molecule has 0 bridgehead atoms. The lowest BCUT2D eigenvalue weighted by Crippen LogP contribution is -2.43. The summed E-state index contributed by atoms with van der Waals surface area (Å²) in [5.74, 6) is 0.938. The fraction of sp³-hybridized carbons (Fsp3) is 0.174. The number of para-hydroxylation sites is 1. The summed E-state index contributed by atoms with van der Waals surface area (Å²) in [6.07, 6.45) is -0.618. The van der Waals surface area contributed by atoms with E-state index in [0.29, 0.717) is 39.8 Å². The molecule has 0 aliphatic carbocycles. The molecular weight excluding hydrogens is 387 g/mol. The van der Waals surface area contributed by atoms with Gasteiger partial charge < -0.3 is 19.5 Å². The van der Waals surface area contributed by atoms with E-state index in [0.717, 1.165) is 0 Å². The second-order valence-electron chi connectivity index (χ2n) is 6.69. The molecule has 1 amide bonds. The van der Waals surface area contributed by atoms with Crippen LogP contribution in [0.3, 0.4) is 0 Å². The van der Waals surface area contributed by atoms with Crippen LogP contribution in [0.25, 0.3) is 0 Å². The van der Waals surface area contributed by atoms with Crippen LogP contribution < -0.4 is 24.4 Å². The Hall–Kier alpha value is -3.74. The van der Waals surface area contributed by atoms with Crippen molar-refractivity contribution in [2.24, 2.45) is 0 Å². The minimum absolute atomic E-state index is 0.210. The minimum Gasteiger partial charge on any atom is -0.496 e. The molecule has 0 unspecified atom stereocenters. The summed E-state index contributed by atoms with van der Waals surface area (Å²) >= 11 is 0. The van der Waals surface area contributed by atoms with Crippen molar-refractivity contribution in [3.8, 4) is 17.2 Å². The molecule has 0 spiro atoms. The molecule has 1 heterocycles. The minimum atomic E-state index is -0.618. The Kier molecular flexibility index (Phi) is 5.18. The van der Waals surface area contributed by atoms with Crippen molar-refractivity contribution >= 4 is 17.3 Å². The van der Waals surface area contributed by atoms with Crippen LogP contribution in [0.4, 0.5) is 15.8 Å². The predicted octanol–water partition coefficient (Wildman–Crippen LogP) is 4.62. The van der Waals surface area contributed by atoms with Gasteiger partial charge in [0.25, 0.3) is 5.91 Å². The number of rotatable bonds is 5. The summed E-state index contributed by atoms with van der Waals surface area (Å²) in [5, 5.41) is 3.41. The fourth-order valence-electron chi connectivity index (χ4n) is 3.61. The summed E-state index contributed by atoms with van der Waals surface area (Å²) in [6.45, 7) is 0. The molecular formula is C23H21FN2O4. The molecule has 1 atom stereocenters. The van der Waals surface area contributed by atoms with E-state index in [1.54, 1.807) is 62.6 Å². The van der Waals surface area contributed by atoms with Gasteiger partial charge in [0.1, 0.15) is 17.7 Å². The number of anilines is 2. The molecule has 3 aromatic rings. The van der Waals surface area contributed by atoms with E-state index in [1.807, 2.05) is 12.1 Å². The Morgan fingerprint density at radius 2 is 1.50 bits per heavy atom. The molecule has 4 rings (SSSR count). The number of hydrogen-bond acceptors (Lipinski definition) is 5. The van der Waals surface area contributed by atoms with Gasteiger partial charge in [-0.1, -0.05) is 12.1 Å². The van der Waals surface area contributed by atoms with Crippen molar-refractivity contribution in [2.45, 2.75) is 6.17 Å². The highest BCUT2D eigenvalue weighted by molar-refractivity contribution is 6.12. The van der Waals surface area contributed by atoms with Crippen molar-refractivity contribution in [3.63, 3.8) is 0 Å². The monoisotopic (exact) mass is 408 g/mol. The van der Waals surface area contributed by atoms with Gasteiger partial charge in [-0.05, 0) is 42.5 Å². The highest BCUT2D eigenvalue weighted by atomic mass is 19.1. The Morgan fingerprint density at radius 1 is 0.867 bits per heavy atom. The first-order valence-corrected chi connectivity index (χ1v) is 9.32. The van der Waals surface area contributed by atoms with Crippen LogP contribution in [0.1, 0.15) is 22.1 Å². The van der Waals surface area contributed by atoms with Crippen molar-refractivity contribution in [3.05, 3.63) is 77.6 Å². The second-order valence-corrected chi connectivity index (χ2v) is 6.69. The summed E-state index contributed by atoms with van der Waals surface area (Å²) < 4.78 is 30.0. The van der Waals surface area contributed by atoms with Crippen LogP contribution in [-0.4, -0.2) is 27.2 Å². The summed E-state index contributed by atoms with van der Waals surface area (Å²) in [5.41, 5.74) is 2.44. The number of methoxy groups -OCH3 is 3. The van der Waals surface area contributed by atoms with Gasteiger partial charge >= 0.3 is 0 Å². The predicted molar refractivity (Wildman–Crippen MR) is 112 cm³/mol. The topological polar surface area (TPSA) is 60.0 Å². The van der Waals surface area contributed by atoms with Gasteiger partial charge in [-0.3, -0.25) is 9.69 Å². The van der Waals surface area contributed by atoms with Gasteiger partial charge in [0.05, 0.1) is 26.9 Å². The number of ether oxygens (including phenoxy) is 3. The molecule has 1 aliphatic heterocycles. The van der Waals surface area contributed by atoms with Crippen LogP contribution >= 0.6 is 0 Å². The highest BCUT2D eigenvalue weighted by Gasteiger charge is 2.36. The van der Waals surface area contributed by atoms with Crippen LogP contribution in [0.2, 0.25) is 0 Å².